The average Bonchev–Trinajstić information content (AvgIpc) is 2.29. The molecule has 5 nitrogen and oxygen atoms in total. The van der Waals surface area contributed by atoms with E-state index in [4.69, 9.17) is 17.3 Å². The molecule has 2 heterocycles. The Bertz CT molecular complexity index is 490. The van der Waals surface area contributed by atoms with Crippen molar-refractivity contribution in [2.75, 3.05) is 5.73 Å². The second-order valence-electron chi connectivity index (χ2n) is 2.07. The van der Waals surface area contributed by atoms with Crippen LogP contribution in [0.2, 0.25) is 4.47 Å². The number of anilines is 1. The second kappa shape index (κ2) is 2.43. The van der Waals surface area contributed by atoms with E-state index < -0.39 is 0 Å². The fourth-order valence-electron chi connectivity index (χ4n) is 0.826. The molecule has 0 aliphatic rings. The molecule has 0 saturated carbocycles. The lowest BCUT2D eigenvalue weighted by molar-refractivity contribution is 1.18. The summed E-state index contributed by atoms with van der Waals surface area (Å²) in [6.07, 6.45) is 0. The fourth-order valence-corrected chi connectivity index (χ4v) is 1.76. The molecular weight excluding hydrogens is 200 g/mol. The van der Waals surface area contributed by atoms with Crippen LogP contribution in [-0.4, -0.2) is 15.0 Å². The maximum Gasteiger partial charge on any atom is 0.272 e. The monoisotopic (exact) mass is 202 g/mol. The third kappa shape index (κ3) is 1.05. The zero-order valence-electron chi connectivity index (χ0n) is 5.67. The van der Waals surface area contributed by atoms with E-state index in [1.807, 2.05) is 0 Å². The topological polar surface area (TPSA) is 84.7 Å². The average molecular weight is 203 g/mol. The molecule has 0 amide bonds. The number of nitrogens with zero attached hydrogens (tertiary/aromatic N) is 2. The molecule has 3 N–H and O–H groups in total. The molecule has 2 aromatic heterocycles. The van der Waals surface area contributed by atoms with E-state index in [9.17, 15) is 4.79 Å². The molecule has 62 valence electrons. The summed E-state index contributed by atoms with van der Waals surface area (Å²) in [7, 11) is 0. The summed E-state index contributed by atoms with van der Waals surface area (Å²) in [5.74, 6) is 0.0504. The largest absolute Gasteiger partial charge is 0.369 e. The van der Waals surface area contributed by atoms with Crippen molar-refractivity contribution in [2.24, 2.45) is 0 Å². The minimum absolute atomic E-state index is 0.0504. The van der Waals surface area contributed by atoms with Gasteiger partial charge in [0.25, 0.3) is 5.56 Å². The molecule has 0 atom stereocenters. The Kier molecular flexibility index (Phi) is 1.52. The van der Waals surface area contributed by atoms with Crippen LogP contribution in [0, 0.1) is 0 Å². The van der Waals surface area contributed by atoms with Crippen molar-refractivity contribution < 1.29 is 0 Å². The van der Waals surface area contributed by atoms with Crippen LogP contribution in [-0.2, 0) is 0 Å². The van der Waals surface area contributed by atoms with E-state index in [0.29, 0.717) is 10.3 Å². The quantitative estimate of drug-likeness (QED) is 0.656. The van der Waals surface area contributed by atoms with Gasteiger partial charge >= 0.3 is 0 Å². The smallest absolute Gasteiger partial charge is 0.272 e. The van der Waals surface area contributed by atoms with E-state index >= 15 is 0 Å². The number of nitrogen functional groups attached to an aromatic ring is 1. The van der Waals surface area contributed by atoms with Gasteiger partial charge in [-0.05, 0) is 0 Å². The highest BCUT2D eigenvalue weighted by Crippen LogP contribution is 2.20. The Hall–Kier alpha value is -1.14. The first-order valence-corrected chi connectivity index (χ1v) is 4.18. The molecule has 0 aromatic carbocycles. The van der Waals surface area contributed by atoms with E-state index in [1.54, 1.807) is 0 Å². The Balaban J connectivity index is 2.98. The van der Waals surface area contributed by atoms with Gasteiger partial charge in [0.2, 0.25) is 5.95 Å². The molecule has 0 aliphatic carbocycles. The van der Waals surface area contributed by atoms with Gasteiger partial charge in [-0.2, -0.15) is 4.98 Å². The van der Waals surface area contributed by atoms with Gasteiger partial charge in [0.1, 0.15) is 4.70 Å². The van der Waals surface area contributed by atoms with Gasteiger partial charge in [-0.1, -0.05) is 22.9 Å². The first-order valence-electron chi connectivity index (χ1n) is 2.98. The van der Waals surface area contributed by atoms with Crippen molar-refractivity contribution in [3.05, 3.63) is 14.8 Å². The van der Waals surface area contributed by atoms with Crippen molar-refractivity contribution >= 4 is 39.2 Å². The number of fused-ring (bicyclic) bond motifs is 1. The highest BCUT2D eigenvalue weighted by molar-refractivity contribution is 7.21. The third-order valence-electron chi connectivity index (χ3n) is 1.26. The summed E-state index contributed by atoms with van der Waals surface area (Å²) in [6, 6.07) is 0. The number of hydrogen-bond donors (Lipinski definition) is 2. The number of nitrogens with one attached hydrogen (secondary N) is 1. The summed E-state index contributed by atoms with van der Waals surface area (Å²) < 4.78 is 0.683. The molecule has 0 aliphatic heterocycles. The molecule has 0 bridgehead atoms. The van der Waals surface area contributed by atoms with Crippen LogP contribution in [0.3, 0.4) is 0 Å². The lowest BCUT2D eigenvalue weighted by Gasteiger charge is -1.88. The summed E-state index contributed by atoms with van der Waals surface area (Å²) >= 11 is 6.66. The van der Waals surface area contributed by atoms with Gasteiger partial charge in [0.05, 0.1) is 0 Å². The molecule has 2 rings (SSSR count). The normalized spacial score (nSPS) is 10.8. The molecule has 0 saturated heterocycles. The first kappa shape index (κ1) is 7.51. The second-order valence-corrected chi connectivity index (χ2v) is 3.65. The van der Waals surface area contributed by atoms with Crippen LogP contribution >= 0.6 is 22.9 Å². The highest BCUT2D eigenvalue weighted by atomic mass is 35.5. The molecule has 0 fully saturated rings. The van der Waals surface area contributed by atoms with Crippen LogP contribution < -0.4 is 11.3 Å². The number of nitrogens with two attached hydrogens (primary N) is 1. The van der Waals surface area contributed by atoms with Crippen LogP contribution in [0.1, 0.15) is 0 Å². The first-order chi connectivity index (χ1) is 5.66. The summed E-state index contributed by atoms with van der Waals surface area (Å²) in [4.78, 5) is 21.1. The number of thiazole rings is 1. The number of hydrogen-bond acceptors (Lipinski definition) is 5. The van der Waals surface area contributed by atoms with Crippen LogP contribution in [0.25, 0.3) is 10.3 Å². The van der Waals surface area contributed by atoms with Gasteiger partial charge in [0, 0.05) is 0 Å². The zero-order chi connectivity index (χ0) is 8.72. The molecule has 0 radical (unpaired) electrons. The van der Waals surface area contributed by atoms with Crippen molar-refractivity contribution in [1.82, 2.24) is 15.0 Å². The number of H-pyrrole nitrogens is 1. The van der Waals surface area contributed by atoms with Crippen LogP contribution in [0.5, 0.6) is 0 Å². The lowest BCUT2D eigenvalue weighted by atomic mass is 10.6. The minimum Gasteiger partial charge on any atom is -0.369 e. The van der Waals surface area contributed by atoms with E-state index in [-0.39, 0.29) is 16.0 Å². The standard InChI is InChI=1S/C5H3ClN4OS/c6-4-8-2-1(12-4)3(11)10-5(7)9-2/h(H3,7,9,10,11). The number of aromatic amines is 1. The van der Waals surface area contributed by atoms with Crippen molar-refractivity contribution in [2.45, 2.75) is 0 Å². The molecule has 7 heteroatoms. The molecule has 0 unspecified atom stereocenters. The Labute approximate surface area is 75.2 Å². The maximum absolute atomic E-state index is 11.1. The summed E-state index contributed by atoms with van der Waals surface area (Å²) in [5, 5.41) is 0. The molecular formula is C5H3ClN4OS. The third-order valence-corrected chi connectivity index (χ3v) is 2.41. The SMILES string of the molecule is Nc1nc2nc(Cl)sc2c(=O)[nH]1. The summed E-state index contributed by atoms with van der Waals surface area (Å²) in [6.45, 7) is 0. The number of halogens is 1. The minimum atomic E-state index is -0.304. The lowest BCUT2D eigenvalue weighted by Crippen LogP contribution is -2.09. The maximum atomic E-state index is 11.1. The van der Waals surface area contributed by atoms with Gasteiger partial charge < -0.3 is 5.73 Å². The predicted molar refractivity (Wildman–Crippen MR) is 47.5 cm³/mol. The highest BCUT2D eigenvalue weighted by Gasteiger charge is 2.07. The van der Waals surface area contributed by atoms with Crippen molar-refractivity contribution in [1.29, 1.82) is 0 Å². The predicted octanol–water partition coefficient (Wildman–Crippen LogP) is 0.615. The Morgan fingerprint density at radius 1 is 1.50 bits per heavy atom. The zero-order valence-corrected chi connectivity index (χ0v) is 7.24. The van der Waals surface area contributed by atoms with Crippen molar-refractivity contribution in [3.8, 4) is 0 Å². The fraction of sp³-hybridized carbons (Fsp3) is 0. The van der Waals surface area contributed by atoms with E-state index in [2.05, 4.69) is 15.0 Å². The Morgan fingerprint density at radius 2 is 2.25 bits per heavy atom. The molecule has 12 heavy (non-hydrogen) atoms. The van der Waals surface area contributed by atoms with Crippen LogP contribution in [0.15, 0.2) is 4.79 Å². The summed E-state index contributed by atoms with van der Waals surface area (Å²) in [5.41, 5.74) is 5.28. The van der Waals surface area contributed by atoms with Crippen LogP contribution in [0.4, 0.5) is 5.95 Å². The van der Waals surface area contributed by atoms with Crippen molar-refractivity contribution in [3.63, 3.8) is 0 Å². The van der Waals surface area contributed by atoms with Gasteiger partial charge in [0.15, 0.2) is 10.1 Å². The van der Waals surface area contributed by atoms with Gasteiger partial charge in [-0.25, -0.2) is 4.98 Å². The van der Waals surface area contributed by atoms with Gasteiger partial charge in [-0.3, -0.25) is 9.78 Å². The number of rotatable bonds is 0. The van der Waals surface area contributed by atoms with E-state index in [1.165, 1.54) is 0 Å². The Morgan fingerprint density at radius 3 is 3.00 bits per heavy atom. The van der Waals surface area contributed by atoms with E-state index in [0.717, 1.165) is 11.3 Å². The molecule has 2 aromatic rings. The number of aromatic nitrogens is 3. The van der Waals surface area contributed by atoms with Gasteiger partial charge in [-0.15, -0.1) is 0 Å². The molecule has 0 spiro atoms.